The summed E-state index contributed by atoms with van der Waals surface area (Å²) in [5.74, 6) is 0.346. The van der Waals surface area contributed by atoms with E-state index in [2.05, 4.69) is 29.5 Å². The first kappa shape index (κ1) is 17.5. The molecule has 0 saturated carbocycles. The summed E-state index contributed by atoms with van der Waals surface area (Å²) in [7, 11) is -3.49. The average molecular weight is 436 g/mol. The van der Waals surface area contributed by atoms with Crippen molar-refractivity contribution in [3.8, 4) is 0 Å². The third-order valence-electron chi connectivity index (χ3n) is 3.80. The highest BCUT2D eigenvalue weighted by Gasteiger charge is 2.26. The van der Waals surface area contributed by atoms with Gasteiger partial charge in [0.25, 0.3) is 0 Å². The van der Waals surface area contributed by atoms with E-state index < -0.39 is 10.0 Å². The molecule has 0 N–H and O–H groups in total. The number of hydrogen-bond donors (Lipinski definition) is 0. The number of sulfonamides is 1. The minimum absolute atomic E-state index is 0.129. The summed E-state index contributed by atoms with van der Waals surface area (Å²) in [5, 5.41) is 0. The Morgan fingerprint density at radius 3 is 2.55 bits per heavy atom. The van der Waals surface area contributed by atoms with E-state index in [1.54, 1.807) is 17.0 Å². The second-order valence-electron chi connectivity index (χ2n) is 5.83. The lowest BCUT2D eigenvalue weighted by atomic mass is 10.0. The molecule has 1 aliphatic heterocycles. The Labute approximate surface area is 145 Å². The molecular weight excluding hydrogens is 415 g/mol. The smallest absolute Gasteiger partial charge is 0.243 e. The van der Waals surface area contributed by atoms with Gasteiger partial charge in [0.05, 0.1) is 11.9 Å². The lowest BCUT2D eigenvalue weighted by Crippen LogP contribution is -2.46. The van der Waals surface area contributed by atoms with Crippen molar-refractivity contribution in [2.75, 3.05) is 30.2 Å². The molecule has 22 heavy (non-hydrogen) atoms. The predicted octanol–water partition coefficient (Wildman–Crippen LogP) is 2.32. The van der Waals surface area contributed by atoms with E-state index in [1.165, 1.54) is 4.31 Å². The van der Waals surface area contributed by atoms with Gasteiger partial charge in [-0.3, -0.25) is 9.10 Å². The Bertz CT molecular complexity index is 631. The Morgan fingerprint density at radius 1 is 1.36 bits per heavy atom. The van der Waals surface area contributed by atoms with Crippen molar-refractivity contribution in [1.29, 1.82) is 0 Å². The number of carbonyl (C=O) groups is 1. The maximum atomic E-state index is 12.5. The van der Waals surface area contributed by atoms with Crippen LogP contribution in [0.5, 0.6) is 0 Å². The number of halogens is 1. The molecule has 2 rings (SSSR count). The van der Waals surface area contributed by atoms with Gasteiger partial charge >= 0.3 is 0 Å². The number of anilines is 1. The number of benzene rings is 1. The van der Waals surface area contributed by atoms with Crippen molar-refractivity contribution in [3.05, 3.63) is 27.8 Å². The van der Waals surface area contributed by atoms with Crippen molar-refractivity contribution in [2.45, 2.75) is 19.8 Å². The zero-order valence-corrected chi connectivity index (χ0v) is 15.8. The highest BCUT2D eigenvalue weighted by Crippen LogP contribution is 2.21. The number of hydrogen-bond acceptors (Lipinski definition) is 3. The van der Waals surface area contributed by atoms with E-state index in [0.717, 1.165) is 22.7 Å². The van der Waals surface area contributed by atoms with Crippen LogP contribution in [-0.4, -0.2) is 45.1 Å². The summed E-state index contributed by atoms with van der Waals surface area (Å²) in [5.41, 5.74) is 0.529. The molecule has 0 radical (unpaired) electrons. The number of piperidine rings is 1. The molecular formula is C15H21IN2O3S. The van der Waals surface area contributed by atoms with Crippen LogP contribution in [0.4, 0.5) is 5.69 Å². The maximum Gasteiger partial charge on any atom is 0.243 e. The summed E-state index contributed by atoms with van der Waals surface area (Å²) in [6.45, 7) is 3.41. The van der Waals surface area contributed by atoms with Crippen LogP contribution in [0.3, 0.4) is 0 Å². The molecule has 5 nitrogen and oxygen atoms in total. The third-order valence-corrected chi connectivity index (χ3v) is 5.66. The molecule has 1 atom stereocenters. The van der Waals surface area contributed by atoms with Crippen LogP contribution < -0.4 is 4.31 Å². The molecule has 1 amide bonds. The van der Waals surface area contributed by atoms with Crippen LogP contribution in [-0.2, 0) is 14.8 Å². The highest BCUT2D eigenvalue weighted by molar-refractivity contribution is 14.1. The minimum Gasteiger partial charge on any atom is -0.341 e. The summed E-state index contributed by atoms with van der Waals surface area (Å²) in [6, 6.07) is 7.13. The second kappa shape index (κ2) is 7.16. The van der Waals surface area contributed by atoms with E-state index in [0.29, 0.717) is 24.7 Å². The van der Waals surface area contributed by atoms with Crippen molar-refractivity contribution < 1.29 is 13.2 Å². The normalized spacial score (nSPS) is 19.0. The summed E-state index contributed by atoms with van der Waals surface area (Å²) < 4.78 is 26.3. The zero-order chi connectivity index (χ0) is 16.3. The molecule has 0 spiro atoms. The van der Waals surface area contributed by atoms with Gasteiger partial charge in [-0.15, -0.1) is 0 Å². The molecule has 122 valence electrons. The van der Waals surface area contributed by atoms with E-state index in [9.17, 15) is 13.2 Å². The predicted molar refractivity (Wildman–Crippen MR) is 96.3 cm³/mol. The molecule has 0 aromatic heterocycles. The molecule has 7 heteroatoms. The van der Waals surface area contributed by atoms with Crippen LogP contribution in [0.2, 0.25) is 0 Å². The molecule has 1 fully saturated rings. The summed E-state index contributed by atoms with van der Waals surface area (Å²) >= 11 is 2.16. The molecule has 1 saturated heterocycles. The molecule has 0 aliphatic carbocycles. The third kappa shape index (κ3) is 4.58. The van der Waals surface area contributed by atoms with Gasteiger partial charge in [0.15, 0.2) is 0 Å². The number of nitrogens with zero attached hydrogens (tertiary/aromatic N) is 2. The first-order chi connectivity index (χ1) is 10.3. The molecule has 0 bridgehead atoms. The largest absolute Gasteiger partial charge is 0.341 e. The Morgan fingerprint density at radius 2 is 2.00 bits per heavy atom. The van der Waals surface area contributed by atoms with E-state index in [-0.39, 0.29) is 12.5 Å². The Kier molecular flexibility index (Phi) is 5.70. The van der Waals surface area contributed by atoms with Crippen LogP contribution in [0.15, 0.2) is 24.3 Å². The summed E-state index contributed by atoms with van der Waals surface area (Å²) in [4.78, 5) is 14.2. The van der Waals surface area contributed by atoms with Crippen molar-refractivity contribution in [1.82, 2.24) is 4.90 Å². The van der Waals surface area contributed by atoms with Crippen molar-refractivity contribution >= 4 is 44.2 Å². The number of likely N-dealkylation sites (tertiary alicyclic amines) is 1. The van der Waals surface area contributed by atoms with Crippen LogP contribution >= 0.6 is 22.6 Å². The van der Waals surface area contributed by atoms with Crippen LogP contribution in [0, 0.1) is 9.49 Å². The minimum atomic E-state index is -3.49. The SMILES string of the molecule is C[C@H]1CCCN(C(=O)CN(c2ccc(I)cc2)S(C)(=O)=O)C1. The van der Waals surface area contributed by atoms with Crippen molar-refractivity contribution in [2.24, 2.45) is 5.92 Å². The van der Waals surface area contributed by atoms with Gasteiger partial charge in [-0.25, -0.2) is 8.42 Å². The van der Waals surface area contributed by atoms with Gasteiger partial charge in [-0.05, 0) is 65.6 Å². The second-order valence-corrected chi connectivity index (χ2v) is 8.99. The number of rotatable bonds is 4. The maximum absolute atomic E-state index is 12.5. The van der Waals surface area contributed by atoms with Crippen LogP contribution in [0.25, 0.3) is 0 Å². The summed E-state index contributed by atoms with van der Waals surface area (Å²) in [6.07, 6.45) is 3.24. The van der Waals surface area contributed by atoms with Crippen LogP contribution in [0.1, 0.15) is 19.8 Å². The number of carbonyl (C=O) groups excluding carboxylic acids is 1. The highest BCUT2D eigenvalue weighted by atomic mass is 127. The van der Waals surface area contributed by atoms with Gasteiger partial charge in [-0.1, -0.05) is 6.92 Å². The van der Waals surface area contributed by atoms with Gasteiger partial charge in [0, 0.05) is 16.7 Å². The molecule has 1 aromatic carbocycles. The topological polar surface area (TPSA) is 57.7 Å². The first-order valence-corrected chi connectivity index (χ1v) is 10.2. The quantitative estimate of drug-likeness (QED) is 0.681. The van der Waals surface area contributed by atoms with Gasteiger partial charge in [-0.2, -0.15) is 0 Å². The lowest BCUT2D eigenvalue weighted by Gasteiger charge is -2.33. The standard InChI is InChI=1S/C15H21IN2O3S/c1-12-4-3-9-17(10-12)15(19)11-18(22(2,20)21)14-7-5-13(16)6-8-14/h5-8,12H,3-4,9-11H2,1-2H3/t12-/m0/s1. The Hall–Kier alpha value is -0.830. The fourth-order valence-corrected chi connectivity index (χ4v) is 3.86. The average Bonchev–Trinajstić information content (AvgIpc) is 2.44. The monoisotopic (exact) mass is 436 g/mol. The van der Waals surface area contributed by atoms with Crippen molar-refractivity contribution in [3.63, 3.8) is 0 Å². The zero-order valence-electron chi connectivity index (χ0n) is 12.8. The van der Waals surface area contributed by atoms with Gasteiger partial charge in [0.2, 0.25) is 15.9 Å². The van der Waals surface area contributed by atoms with Gasteiger partial charge < -0.3 is 4.90 Å². The first-order valence-electron chi connectivity index (χ1n) is 7.28. The van der Waals surface area contributed by atoms with E-state index in [1.807, 2.05) is 12.1 Å². The molecule has 1 aliphatic rings. The van der Waals surface area contributed by atoms with E-state index in [4.69, 9.17) is 0 Å². The molecule has 1 aromatic rings. The Balaban J connectivity index is 2.17. The fourth-order valence-electron chi connectivity index (χ4n) is 2.65. The number of amides is 1. The lowest BCUT2D eigenvalue weighted by molar-refractivity contribution is -0.131. The molecule has 1 heterocycles. The van der Waals surface area contributed by atoms with E-state index >= 15 is 0 Å². The fraction of sp³-hybridized carbons (Fsp3) is 0.533. The molecule has 0 unspecified atom stereocenters. The van der Waals surface area contributed by atoms with Gasteiger partial charge in [0.1, 0.15) is 6.54 Å².